The highest BCUT2D eigenvalue weighted by Gasteiger charge is 2.31. The van der Waals surface area contributed by atoms with E-state index in [4.69, 9.17) is 4.74 Å². The van der Waals surface area contributed by atoms with E-state index in [0.29, 0.717) is 0 Å². The number of amides is 1. The highest BCUT2D eigenvalue weighted by molar-refractivity contribution is 5.98. The van der Waals surface area contributed by atoms with Crippen molar-refractivity contribution in [2.45, 2.75) is 44.6 Å². The Hall–Kier alpha value is -1.55. The van der Waals surface area contributed by atoms with Crippen LogP contribution in [0.15, 0.2) is 18.2 Å². The molecule has 1 unspecified atom stereocenters. The van der Waals surface area contributed by atoms with Crippen molar-refractivity contribution < 1.29 is 9.53 Å². The Bertz CT molecular complexity index is 560. The van der Waals surface area contributed by atoms with E-state index < -0.39 is 0 Å². The Morgan fingerprint density at radius 1 is 1.09 bits per heavy atom. The van der Waals surface area contributed by atoms with Crippen molar-refractivity contribution in [1.82, 2.24) is 0 Å². The highest BCUT2D eigenvalue weighted by atomic mass is 16.5. The molecule has 0 spiro atoms. The summed E-state index contributed by atoms with van der Waals surface area (Å²) >= 11 is 0. The molecule has 4 rings (SSSR count). The summed E-state index contributed by atoms with van der Waals surface area (Å²) in [7, 11) is 0. The maximum absolute atomic E-state index is 12.8. The molecule has 1 aromatic rings. The first-order valence-electron chi connectivity index (χ1n) is 8.64. The lowest BCUT2D eigenvalue weighted by atomic mass is 10.00. The molecule has 3 heterocycles. The van der Waals surface area contributed by atoms with Crippen LogP contribution < -0.4 is 9.80 Å². The predicted molar refractivity (Wildman–Crippen MR) is 87.5 cm³/mol. The number of aryl methyl sites for hydroxylation is 1. The smallest absolute Gasteiger partial charge is 0.256 e. The van der Waals surface area contributed by atoms with Gasteiger partial charge < -0.3 is 14.5 Å². The molecule has 0 aliphatic carbocycles. The van der Waals surface area contributed by atoms with Crippen molar-refractivity contribution in [2.75, 3.05) is 36.0 Å². The molecule has 0 radical (unpaired) electrons. The van der Waals surface area contributed by atoms with Gasteiger partial charge in [-0.15, -0.1) is 0 Å². The topological polar surface area (TPSA) is 32.8 Å². The molecule has 1 aromatic carbocycles. The number of anilines is 2. The minimum absolute atomic E-state index is 0.164. The third kappa shape index (κ3) is 2.50. The zero-order chi connectivity index (χ0) is 14.9. The Kier molecular flexibility index (Phi) is 3.78. The van der Waals surface area contributed by atoms with E-state index in [1.165, 1.54) is 24.1 Å². The van der Waals surface area contributed by atoms with Crippen molar-refractivity contribution >= 4 is 17.3 Å². The number of rotatable bonds is 2. The molecule has 2 fully saturated rings. The summed E-state index contributed by atoms with van der Waals surface area (Å²) in [4.78, 5) is 17.2. The van der Waals surface area contributed by atoms with Crippen LogP contribution in [0.4, 0.5) is 11.4 Å². The Balaban J connectivity index is 1.63. The van der Waals surface area contributed by atoms with Crippen LogP contribution in [0.1, 0.15) is 37.7 Å². The quantitative estimate of drug-likeness (QED) is 0.842. The van der Waals surface area contributed by atoms with Crippen molar-refractivity contribution in [1.29, 1.82) is 0 Å². The summed E-state index contributed by atoms with van der Waals surface area (Å²) in [6.45, 7) is 3.83. The van der Waals surface area contributed by atoms with Gasteiger partial charge in [0.15, 0.2) is 0 Å². The average molecular weight is 300 g/mol. The van der Waals surface area contributed by atoms with Crippen molar-refractivity contribution in [3.8, 4) is 0 Å². The van der Waals surface area contributed by atoms with Gasteiger partial charge in [-0.25, -0.2) is 0 Å². The van der Waals surface area contributed by atoms with Crippen LogP contribution in [0.2, 0.25) is 0 Å². The van der Waals surface area contributed by atoms with Crippen LogP contribution in [-0.2, 0) is 16.0 Å². The van der Waals surface area contributed by atoms with Crippen molar-refractivity contribution in [3.05, 3.63) is 23.8 Å². The second-order valence-electron chi connectivity index (χ2n) is 6.60. The zero-order valence-corrected chi connectivity index (χ0v) is 13.1. The molecular formula is C18H24N2O2. The van der Waals surface area contributed by atoms with Crippen LogP contribution in [0, 0.1) is 0 Å². The third-order valence-corrected chi connectivity index (χ3v) is 5.13. The van der Waals surface area contributed by atoms with Gasteiger partial charge in [0.2, 0.25) is 0 Å². The van der Waals surface area contributed by atoms with Crippen LogP contribution in [0.3, 0.4) is 0 Å². The normalized spacial score (nSPS) is 24.6. The van der Waals surface area contributed by atoms with Gasteiger partial charge in [0.05, 0.1) is 0 Å². The molecular weight excluding hydrogens is 276 g/mol. The van der Waals surface area contributed by atoms with Crippen LogP contribution in [0.25, 0.3) is 0 Å². The summed E-state index contributed by atoms with van der Waals surface area (Å²) in [5.74, 6) is 0.164. The van der Waals surface area contributed by atoms with E-state index in [2.05, 4.69) is 23.1 Å². The van der Waals surface area contributed by atoms with Gasteiger partial charge in [-0.05, 0) is 56.2 Å². The summed E-state index contributed by atoms with van der Waals surface area (Å²) in [6.07, 6.45) is 6.33. The standard InChI is InChI=1S/C18H24N2O2/c21-18(17-6-4-12-22-17)20-11-3-5-14-7-8-15(13-16(14)20)19-9-1-2-10-19/h7-8,13,17H,1-6,9-12H2. The first-order valence-corrected chi connectivity index (χ1v) is 8.64. The highest BCUT2D eigenvalue weighted by Crippen LogP contribution is 2.33. The van der Waals surface area contributed by atoms with E-state index in [0.717, 1.165) is 57.6 Å². The van der Waals surface area contributed by atoms with E-state index in [1.54, 1.807) is 0 Å². The fraction of sp³-hybridized carbons (Fsp3) is 0.611. The first-order chi connectivity index (χ1) is 10.8. The average Bonchev–Trinajstić information content (AvgIpc) is 3.26. The van der Waals surface area contributed by atoms with E-state index in [-0.39, 0.29) is 12.0 Å². The first kappa shape index (κ1) is 14.1. The SMILES string of the molecule is O=C(C1CCCO1)N1CCCc2ccc(N3CCCC3)cc21. The van der Waals surface area contributed by atoms with Gasteiger partial charge in [-0.1, -0.05) is 6.07 Å². The van der Waals surface area contributed by atoms with Gasteiger partial charge in [0.25, 0.3) is 5.91 Å². The summed E-state index contributed by atoms with van der Waals surface area (Å²) < 4.78 is 5.61. The van der Waals surface area contributed by atoms with Gasteiger partial charge in [0, 0.05) is 37.6 Å². The van der Waals surface area contributed by atoms with Gasteiger partial charge >= 0.3 is 0 Å². The fourth-order valence-electron chi connectivity index (χ4n) is 3.91. The minimum Gasteiger partial charge on any atom is -0.371 e. The minimum atomic E-state index is -0.221. The van der Waals surface area contributed by atoms with Crippen LogP contribution in [0.5, 0.6) is 0 Å². The number of hydrogen-bond acceptors (Lipinski definition) is 3. The van der Waals surface area contributed by atoms with E-state index in [1.807, 2.05) is 4.90 Å². The predicted octanol–water partition coefficient (Wildman–Crippen LogP) is 2.75. The number of carbonyl (C=O) groups excluding carboxylic acids is 1. The van der Waals surface area contributed by atoms with Gasteiger partial charge in [-0.3, -0.25) is 4.79 Å². The molecule has 118 valence electrons. The number of benzene rings is 1. The number of nitrogens with zero attached hydrogens (tertiary/aromatic N) is 2. The third-order valence-electron chi connectivity index (χ3n) is 5.13. The van der Waals surface area contributed by atoms with Crippen LogP contribution >= 0.6 is 0 Å². The molecule has 1 amide bonds. The Morgan fingerprint density at radius 2 is 1.95 bits per heavy atom. The summed E-state index contributed by atoms with van der Waals surface area (Å²) in [6, 6.07) is 6.68. The Morgan fingerprint density at radius 3 is 2.73 bits per heavy atom. The van der Waals surface area contributed by atoms with E-state index in [9.17, 15) is 4.79 Å². The number of ether oxygens (including phenoxy) is 1. The molecule has 0 saturated carbocycles. The molecule has 0 aromatic heterocycles. The number of fused-ring (bicyclic) bond motifs is 1. The second-order valence-corrected chi connectivity index (χ2v) is 6.60. The van der Waals surface area contributed by atoms with Gasteiger partial charge in [0.1, 0.15) is 6.10 Å². The molecule has 4 heteroatoms. The maximum Gasteiger partial charge on any atom is 0.256 e. The fourth-order valence-corrected chi connectivity index (χ4v) is 3.91. The lowest BCUT2D eigenvalue weighted by molar-refractivity contribution is -0.127. The van der Waals surface area contributed by atoms with Crippen molar-refractivity contribution in [3.63, 3.8) is 0 Å². The maximum atomic E-state index is 12.8. The summed E-state index contributed by atoms with van der Waals surface area (Å²) in [5.41, 5.74) is 3.69. The molecule has 0 bridgehead atoms. The molecule has 3 aliphatic heterocycles. The van der Waals surface area contributed by atoms with Crippen molar-refractivity contribution in [2.24, 2.45) is 0 Å². The monoisotopic (exact) mass is 300 g/mol. The van der Waals surface area contributed by atoms with Crippen LogP contribution in [-0.4, -0.2) is 38.3 Å². The second kappa shape index (κ2) is 5.92. The largest absolute Gasteiger partial charge is 0.371 e. The lowest BCUT2D eigenvalue weighted by Crippen LogP contribution is -2.42. The molecule has 3 aliphatic rings. The van der Waals surface area contributed by atoms with Gasteiger partial charge in [-0.2, -0.15) is 0 Å². The molecule has 4 nitrogen and oxygen atoms in total. The number of hydrogen-bond donors (Lipinski definition) is 0. The molecule has 22 heavy (non-hydrogen) atoms. The Labute approximate surface area is 132 Å². The zero-order valence-electron chi connectivity index (χ0n) is 13.1. The lowest BCUT2D eigenvalue weighted by Gasteiger charge is -2.32. The molecule has 1 atom stereocenters. The number of carbonyl (C=O) groups is 1. The summed E-state index contributed by atoms with van der Waals surface area (Å²) in [5, 5.41) is 0. The van der Waals surface area contributed by atoms with E-state index >= 15 is 0 Å². The molecule has 2 saturated heterocycles. The molecule has 0 N–H and O–H groups in total.